The van der Waals surface area contributed by atoms with E-state index in [0.717, 1.165) is 11.5 Å². The van der Waals surface area contributed by atoms with Gasteiger partial charge in [-0.15, -0.1) is 5.10 Å². The lowest BCUT2D eigenvalue weighted by molar-refractivity contribution is 0.0690. The Bertz CT molecular complexity index is 504. The third kappa shape index (κ3) is 8.57. The molecule has 5 heteroatoms. The number of hydrogen-bond donors (Lipinski definition) is 1. The first-order valence-corrected chi connectivity index (χ1v) is 7.16. The van der Waals surface area contributed by atoms with E-state index >= 15 is 0 Å². The van der Waals surface area contributed by atoms with E-state index in [2.05, 4.69) is 31.1 Å². The van der Waals surface area contributed by atoms with Gasteiger partial charge in [-0.1, -0.05) is 70.2 Å². The Balaban J connectivity index is 0.000000579. The van der Waals surface area contributed by atoms with Gasteiger partial charge >= 0.3 is 5.97 Å². The molecule has 0 unspecified atom stereocenters. The van der Waals surface area contributed by atoms with E-state index in [1.54, 1.807) is 0 Å². The van der Waals surface area contributed by atoms with Crippen LogP contribution in [0.1, 0.15) is 50.7 Å². The van der Waals surface area contributed by atoms with E-state index in [1.807, 2.05) is 44.2 Å². The van der Waals surface area contributed by atoms with Crippen LogP contribution >= 0.6 is 0 Å². The van der Waals surface area contributed by atoms with Crippen molar-refractivity contribution >= 4 is 5.97 Å². The zero-order valence-corrected chi connectivity index (χ0v) is 13.4. The summed E-state index contributed by atoms with van der Waals surface area (Å²) in [6.45, 7) is 11.0. The maximum absolute atomic E-state index is 10.6. The highest BCUT2D eigenvalue weighted by Gasteiger charge is 2.07. The van der Waals surface area contributed by atoms with Gasteiger partial charge in [0, 0.05) is 0 Å². The van der Waals surface area contributed by atoms with Crippen LogP contribution in [0.15, 0.2) is 36.5 Å². The summed E-state index contributed by atoms with van der Waals surface area (Å²) < 4.78 is 1.50. The smallest absolute Gasteiger partial charge is 0.358 e. The van der Waals surface area contributed by atoms with Crippen LogP contribution in [-0.2, 0) is 6.54 Å². The molecule has 0 spiro atoms. The Kier molecular flexibility index (Phi) is 9.50. The second-order valence-electron chi connectivity index (χ2n) is 4.82. The molecule has 0 bridgehead atoms. The minimum absolute atomic E-state index is 0.0362. The zero-order chi connectivity index (χ0) is 16.3. The topological polar surface area (TPSA) is 68.0 Å². The van der Waals surface area contributed by atoms with Crippen molar-refractivity contribution in [3.05, 3.63) is 47.8 Å². The summed E-state index contributed by atoms with van der Waals surface area (Å²) >= 11 is 0. The number of nitrogens with zero attached hydrogens (tertiary/aromatic N) is 3. The fourth-order valence-electron chi connectivity index (χ4n) is 1.24. The fourth-order valence-corrected chi connectivity index (χ4v) is 1.24. The van der Waals surface area contributed by atoms with E-state index < -0.39 is 5.97 Å². The van der Waals surface area contributed by atoms with Crippen molar-refractivity contribution in [2.45, 2.75) is 41.2 Å². The van der Waals surface area contributed by atoms with Crippen LogP contribution < -0.4 is 0 Å². The van der Waals surface area contributed by atoms with E-state index in [4.69, 9.17) is 5.11 Å². The van der Waals surface area contributed by atoms with Crippen LogP contribution in [0.2, 0.25) is 0 Å². The summed E-state index contributed by atoms with van der Waals surface area (Å²) in [4.78, 5) is 10.6. The monoisotopic (exact) mass is 291 g/mol. The summed E-state index contributed by atoms with van der Waals surface area (Å²) in [6.07, 6.45) is 1.41. The first kappa shape index (κ1) is 18.8. The number of carbonyl (C=O) groups is 1. The first-order valence-electron chi connectivity index (χ1n) is 7.16. The second-order valence-corrected chi connectivity index (χ2v) is 4.82. The number of aromatic nitrogens is 3. The molecular weight excluding hydrogens is 266 g/mol. The summed E-state index contributed by atoms with van der Waals surface area (Å²) in [6, 6.07) is 9.66. The molecule has 1 aromatic heterocycles. The molecule has 0 fully saturated rings. The molecule has 0 saturated carbocycles. The predicted octanol–water partition coefficient (Wildman–Crippen LogP) is 3.71. The van der Waals surface area contributed by atoms with Crippen LogP contribution in [0, 0.1) is 5.92 Å². The second kappa shape index (κ2) is 10.6. The van der Waals surface area contributed by atoms with Gasteiger partial charge in [-0.3, -0.25) is 0 Å². The maximum Gasteiger partial charge on any atom is 0.358 e. The average Bonchev–Trinajstić information content (AvgIpc) is 2.90. The largest absolute Gasteiger partial charge is 0.476 e. The lowest BCUT2D eigenvalue weighted by Gasteiger charge is -1.98. The van der Waals surface area contributed by atoms with E-state index in [1.165, 1.54) is 10.9 Å². The third-order valence-electron chi connectivity index (χ3n) is 1.95. The molecule has 116 valence electrons. The third-order valence-corrected chi connectivity index (χ3v) is 1.95. The molecule has 0 aliphatic carbocycles. The van der Waals surface area contributed by atoms with Crippen molar-refractivity contribution in [2.24, 2.45) is 5.92 Å². The molecule has 0 radical (unpaired) electrons. The lowest BCUT2D eigenvalue weighted by Crippen LogP contribution is -2.00. The normalized spacial score (nSPS) is 9.24. The van der Waals surface area contributed by atoms with Crippen LogP contribution in [0.5, 0.6) is 0 Å². The van der Waals surface area contributed by atoms with Gasteiger partial charge in [-0.2, -0.15) is 0 Å². The standard InChI is InChI=1S/C10H9N3O2.C4H10.C2H6/c14-10(15)9-7-13(12-11-9)6-8-4-2-1-3-5-8;1-4(2)3;1-2/h1-5,7H,6H2,(H,14,15);4H,1-3H3;1-2H3. The maximum atomic E-state index is 10.6. The van der Waals surface area contributed by atoms with Crippen molar-refractivity contribution in [1.29, 1.82) is 0 Å². The number of hydrogen-bond acceptors (Lipinski definition) is 3. The predicted molar refractivity (Wildman–Crippen MR) is 84.4 cm³/mol. The van der Waals surface area contributed by atoms with Gasteiger partial charge in [0.15, 0.2) is 5.69 Å². The number of aromatic carboxylic acids is 1. The zero-order valence-electron chi connectivity index (χ0n) is 13.4. The highest BCUT2D eigenvalue weighted by molar-refractivity contribution is 5.84. The molecule has 1 aromatic carbocycles. The first-order chi connectivity index (χ1) is 9.99. The summed E-state index contributed by atoms with van der Waals surface area (Å²) in [7, 11) is 0. The Hall–Kier alpha value is -2.17. The quantitative estimate of drug-likeness (QED) is 0.936. The van der Waals surface area contributed by atoms with Crippen molar-refractivity contribution in [3.63, 3.8) is 0 Å². The van der Waals surface area contributed by atoms with E-state index in [9.17, 15) is 4.79 Å². The SMILES string of the molecule is CC.CC(C)C.O=C(O)c1cn(Cc2ccccc2)nn1. The molecule has 2 rings (SSSR count). The molecule has 0 saturated heterocycles. The van der Waals surface area contributed by atoms with Crippen molar-refractivity contribution in [3.8, 4) is 0 Å². The molecule has 0 aliphatic heterocycles. The van der Waals surface area contributed by atoms with Crippen LogP contribution in [0.25, 0.3) is 0 Å². The minimum Gasteiger partial charge on any atom is -0.476 e. The van der Waals surface area contributed by atoms with E-state index in [-0.39, 0.29) is 5.69 Å². The fraction of sp³-hybridized carbons (Fsp3) is 0.438. The Morgan fingerprint density at radius 3 is 2.14 bits per heavy atom. The number of benzene rings is 1. The van der Waals surface area contributed by atoms with Gasteiger partial charge in [0.25, 0.3) is 0 Å². The van der Waals surface area contributed by atoms with Gasteiger partial charge in [-0.05, 0) is 11.5 Å². The number of carboxylic acid groups (broad SMARTS) is 1. The van der Waals surface area contributed by atoms with Crippen LogP contribution in [0.3, 0.4) is 0 Å². The summed E-state index contributed by atoms with van der Waals surface area (Å²) in [5.41, 5.74) is 1.02. The lowest BCUT2D eigenvalue weighted by atomic mass is 10.2. The average molecular weight is 291 g/mol. The van der Waals surface area contributed by atoms with Crippen molar-refractivity contribution in [1.82, 2.24) is 15.0 Å². The van der Waals surface area contributed by atoms with Gasteiger partial charge in [0.05, 0.1) is 12.7 Å². The van der Waals surface area contributed by atoms with Gasteiger partial charge in [0.2, 0.25) is 0 Å². The molecular formula is C16H25N3O2. The molecule has 5 nitrogen and oxygen atoms in total. The van der Waals surface area contributed by atoms with Crippen molar-refractivity contribution < 1.29 is 9.90 Å². The van der Waals surface area contributed by atoms with Crippen molar-refractivity contribution in [2.75, 3.05) is 0 Å². The molecule has 0 atom stereocenters. The highest BCUT2D eigenvalue weighted by atomic mass is 16.4. The molecule has 1 heterocycles. The number of rotatable bonds is 3. The van der Waals surface area contributed by atoms with Crippen LogP contribution in [0.4, 0.5) is 0 Å². The molecule has 0 aliphatic rings. The Labute approximate surface area is 126 Å². The molecule has 2 aromatic rings. The van der Waals surface area contributed by atoms with E-state index in [0.29, 0.717) is 6.54 Å². The molecule has 0 amide bonds. The highest BCUT2D eigenvalue weighted by Crippen LogP contribution is 2.01. The Morgan fingerprint density at radius 1 is 1.19 bits per heavy atom. The van der Waals surface area contributed by atoms with Gasteiger partial charge in [0.1, 0.15) is 0 Å². The molecule has 21 heavy (non-hydrogen) atoms. The van der Waals surface area contributed by atoms with Gasteiger partial charge < -0.3 is 5.11 Å². The molecule has 1 N–H and O–H groups in total. The Morgan fingerprint density at radius 2 is 1.71 bits per heavy atom. The van der Waals surface area contributed by atoms with Gasteiger partial charge in [-0.25, -0.2) is 9.48 Å². The number of carboxylic acids is 1. The summed E-state index contributed by atoms with van der Waals surface area (Å²) in [5.74, 6) is -0.227. The van der Waals surface area contributed by atoms with Crippen LogP contribution in [-0.4, -0.2) is 26.1 Å². The minimum atomic E-state index is -1.06. The summed E-state index contributed by atoms with van der Waals surface area (Å²) in [5, 5.41) is 15.9.